The number of hydrogen-bond acceptors (Lipinski definition) is 5. The van der Waals surface area contributed by atoms with Crippen molar-refractivity contribution < 1.29 is 14.6 Å². The van der Waals surface area contributed by atoms with E-state index >= 15 is 0 Å². The molecule has 7 heteroatoms. The highest BCUT2D eigenvalue weighted by molar-refractivity contribution is 7.99. The number of carbonyl (C=O) groups is 1. The third-order valence-electron chi connectivity index (χ3n) is 2.52. The van der Waals surface area contributed by atoms with E-state index < -0.39 is 5.97 Å². The van der Waals surface area contributed by atoms with Crippen molar-refractivity contribution in [3.05, 3.63) is 5.82 Å². The lowest BCUT2D eigenvalue weighted by Gasteiger charge is -2.10. The predicted molar refractivity (Wildman–Crippen MR) is 66.6 cm³/mol. The van der Waals surface area contributed by atoms with Crippen molar-refractivity contribution in [1.29, 1.82) is 0 Å². The van der Waals surface area contributed by atoms with Gasteiger partial charge in [0.15, 0.2) is 11.0 Å². The van der Waals surface area contributed by atoms with Gasteiger partial charge in [0.25, 0.3) is 0 Å². The van der Waals surface area contributed by atoms with Crippen molar-refractivity contribution >= 4 is 17.7 Å². The number of thioether (sulfide) groups is 1. The minimum absolute atomic E-state index is 0.00981. The second kappa shape index (κ2) is 5.71. The van der Waals surface area contributed by atoms with Crippen molar-refractivity contribution in [1.82, 2.24) is 14.8 Å². The number of hydrogen-bond donors (Lipinski definition) is 1. The first-order valence-electron chi connectivity index (χ1n) is 5.98. The van der Waals surface area contributed by atoms with Crippen LogP contribution < -0.4 is 0 Å². The summed E-state index contributed by atoms with van der Waals surface area (Å²) < 4.78 is 7.56. The Hall–Kier alpha value is -1.08. The zero-order chi connectivity index (χ0) is 13.1. The Morgan fingerprint density at radius 3 is 2.83 bits per heavy atom. The fraction of sp³-hybridized carbons (Fsp3) is 0.727. The van der Waals surface area contributed by atoms with E-state index in [2.05, 4.69) is 10.2 Å². The molecular weight excluding hydrogens is 254 g/mol. The van der Waals surface area contributed by atoms with Gasteiger partial charge < -0.3 is 14.4 Å². The predicted octanol–water partition coefficient (Wildman–Crippen LogP) is 1.71. The van der Waals surface area contributed by atoms with Crippen LogP contribution in [0.1, 0.15) is 38.6 Å². The van der Waals surface area contributed by atoms with Crippen LogP contribution in [0.25, 0.3) is 0 Å². The Kier molecular flexibility index (Phi) is 4.23. The number of nitrogens with zero attached hydrogens (tertiary/aromatic N) is 3. The first kappa shape index (κ1) is 13.4. The largest absolute Gasteiger partial charge is 0.481 e. The summed E-state index contributed by atoms with van der Waals surface area (Å²) in [5, 5.41) is 17.5. The lowest BCUT2D eigenvalue weighted by atomic mass is 10.5. The van der Waals surface area contributed by atoms with E-state index in [9.17, 15) is 4.79 Å². The van der Waals surface area contributed by atoms with Gasteiger partial charge in [-0.1, -0.05) is 11.8 Å². The molecule has 1 aliphatic rings. The highest BCUT2D eigenvalue weighted by atomic mass is 32.2. The summed E-state index contributed by atoms with van der Waals surface area (Å²) in [4.78, 5) is 10.6. The summed E-state index contributed by atoms with van der Waals surface area (Å²) >= 11 is 1.21. The molecule has 0 bridgehead atoms. The van der Waals surface area contributed by atoms with Crippen molar-refractivity contribution in [2.24, 2.45) is 0 Å². The number of aliphatic carboxylic acids is 1. The first-order valence-corrected chi connectivity index (χ1v) is 6.96. The van der Waals surface area contributed by atoms with Gasteiger partial charge in [-0.25, -0.2) is 0 Å². The molecule has 0 aliphatic heterocycles. The molecule has 1 aliphatic carbocycles. The van der Waals surface area contributed by atoms with Crippen LogP contribution in [0, 0.1) is 0 Å². The van der Waals surface area contributed by atoms with Gasteiger partial charge in [-0.3, -0.25) is 4.79 Å². The first-order chi connectivity index (χ1) is 8.58. The molecular formula is C11H17N3O3S. The van der Waals surface area contributed by atoms with Crippen LogP contribution in [-0.4, -0.2) is 37.7 Å². The topological polar surface area (TPSA) is 77.2 Å². The lowest BCUT2D eigenvalue weighted by molar-refractivity contribution is -0.133. The average molecular weight is 271 g/mol. The molecule has 100 valence electrons. The van der Waals surface area contributed by atoms with Crippen LogP contribution in [0.4, 0.5) is 0 Å². The molecule has 0 amide bonds. The molecule has 0 unspecified atom stereocenters. The summed E-state index contributed by atoms with van der Waals surface area (Å²) in [6.45, 7) is 4.37. The Bertz CT molecular complexity index is 429. The van der Waals surface area contributed by atoms with Crippen molar-refractivity contribution in [3.63, 3.8) is 0 Å². The monoisotopic (exact) mass is 271 g/mol. The van der Waals surface area contributed by atoms with Gasteiger partial charge in [0.2, 0.25) is 0 Å². The van der Waals surface area contributed by atoms with Gasteiger partial charge in [-0.05, 0) is 26.7 Å². The van der Waals surface area contributed by atoms with Crippen LogP contribution in [0.5, 0.6) is 0 Å². The Morgan fingerprint density at radius 2 is 2.28 bits per heavy atom. The van der Waals surface area contributed by atoms with E-state index in [1.165, 1.54) is 11.8 Å². The molecule has 2 rings (SSSR count). The lowest BCUT2D eigenvalue weighted by Crippen LogP contribution is -2.09. The van der Waals surface area contributed by atoms with Gasteiger partial charge in [0.1, 0.15) is 6.61 Å². The fourth-order valence-corrected chi connectivity index (χ4v) is 2.32. The van der Waals surface area contributed by atoms with Crippen molar-refractivity contribution in [2.45, 2.75) is 50.6 Å². The summed E-state index contributed by atoms with van der Waals surface area (Å²) in [6, 6.07) is 0.419. The zero-order valence-corrected chi connectivity index (χ0v) is 11.3. The quantitative estimate of drug-likeness (QED) is 0.761. The molecule has 1 N–H and O–H groups in total. The highest BCUT2D eigenvalue weighted by Gasteiger charge is 2.29. The van der Waals surface area contributed by atoms with Gasteiger partial charge in [-0.15, -0.1) is 10.2 Å². The molecule has 18 heavy (non-hydrogen) atoms. The van der Waals surface area contributed by atoms with E-state index in [1.807, 2.05) is 18.4 Å². The Balaban J connectivity index is 2.07. The molecule has 0 spiro atoms. The Labute approximate surface area is 110 Å². The summed E-state index contributed by atoms with van der Waals surface area (Å²) in [5.41, 5.74) is 0. The molecule has 0 saturated heterocycles. The van der Waals surface area contributed by atoms with Crippen LogP contribution in [0.2, 0.25) is 0 Å². The van der Waals surface area contributed by atoms with E-state index in [1.54, 1.807) is 0 Å². The normalized spacial score (nSPS) is 15.3. The van der Waals surface area contributed by atoms with E-state index in [0.717, 1.165) is 18.7 Å². The zero-order valence-electron chi connectivity index (χ0n) is 10.5. The molecule has 1 aromatic heterocycles. The second-order valence-corrected chi connectivity index (χ2v) is 5.48. The molecule has 6 nitrogen and oxygen atoms in total. The smallest absolute Gasteiger partial charge is 0.313 e. The molecule has 1 aromatic rings. The molecule has 1 heterocycles. The number of aromatic nitrogens is 3. The van der Waals surface area contributed by atoms with Crippen molar-refractivity contribution in [3.8, 4) is 0 Å². The highest BCUT2D eigenvalue weighted by Crippen LogP contribution is 2.38. The number of ether oxygens (including phenoxy) is 1. The summed E-state index contributed by atoms with van der Waals surface area (Å²) in [6.07, 6.45) is 2.35. The number of carboxylic acids is 1. The number of carboxylic acid groups (broad SMARTS) is 1. The Morgan fingerprint density at radius 1 is 1.56 bits per heavy atom. The SMILES string of the molecule is CC(C)OCc1nnc(SCC(=O)O)n1C1CC1. The van der Waals surface area contributed by atoms with E-state index in [4.69, 9.17) is 9.84 Å². The van der Waals surface area contributed by atoms with Gasteiger partial charge in [0, 0.05) is 6.04 Å². The van der Waals surface area contributed by atoms with Crippen LogP contribution in [0.3, 0.4) is 0 Å². The standard InChI is InChI=1S/C11H17N3O3S/c1-7(2)17-5-9-12-13-11(18-6-10(15)16)14(9)8-3-4-8/h7-8H,3-6H2,1-2H3,(H,15,16). The van der Waals surface area contributed by atoms with E-state index in [0.29, 0.717) is 17.8 Å². The summed E-state index contributed by atoms with van der Waals surface area (Å²) in [5.74, 6) is -0.0417. The van der Waals surface area contributed by atoms with E-state index in [-0.39, 0.29) is 11.9 Å². The maximum Gasteiger partial charge on any atom is 0.313 e. The molecule has 0 aromatic carbocycles. The van der Waals surface area contributed by atoms with Gasteiger partial charge >= 0.3 is 5.97 Å². The average Bonchev–Trinajstić information content (AvgIpc) is 3.05. The maximum absolute atomic E-state index is 10.6. The fourth-order valence-electron chi connectivity index (χ4n) is 1.57. The number of rotatable bonds is 7. The minimum Gasteiger partial charge on any atom is -0.481 e. The molecule has 1 saturated carbocycles. The van der Waals surface area contributed by atoms with Crippen LogP contribution in [-0.2, 0) is 16.1 Å². The second-order valence-electron chi connectivity index (χ2n) is 4.54. The van der Waals surface area contributed by atoms with Crippen molar-refractivity contribution in [2.75, 3.05) is 5.75 Å². The minimum atomic E-state index is -0.842. The van der Waals surface area contributed by atoms with Gasteiger partial charge in [0.05, 0.1) is 11.9 Å². The summed E-state index contributed by atoms with van der Waals surface area (Å²) in [7, 11) is 0. The third kappa shape index (κ3) is 3.46. The maximum atomic E-state index is 10.6. The van der Waals surface area contributed by atoms with Gasteiger partial charge in [-0.2, -0.15) is 0 Å². The third-order valence-corrected chi connectivity index (χ3v) is 3.45. The van der Waals surface area contributed by atoms with Crippen LogP contribution in [0.15, 0.2) is 5.16 Å². The van der Waals surface area contributed by atoms with Crippen LogP contribution >= 0.6 is 11.8 Å². The molecule has 0 atom stereocenters. The molecule has 0 radical (unpaired) electrons. The molecule has 1 fully saturated rings.